The maximum atomic E-state index is 12.3. The minimum atomic E-state index is -0.467. The van der Waals surface area contributed by atoms with Crippen molar-refractivity contribution in [1.82, 2.24) is 9.80 Å². The highest BCUT2D eigenvalue weighted by molar-refractivity contribution is 6.31. The number of amides is 1. The van der Waals surface area contributed by atoms with Gasteiger partial charge < -0.3 is 24.8 Å². The smallest absolute Gasteiger partial charge is 0.410 e. The van der Waals surface area contributed by atoms with Crippen LogP contribution in [0.25, 0.3) is 0 Å². The number of ether oxygens (including phenoxy) is 1. The maximum absolute atomic E-state index is 12.3. The summed E-state index contributed by atoms with van der Waals surface area (Å²) in [6.07, 6.45) is -0.240. The van der Waals surface area contributed by atoms with Gasteiger partial charge in [-0.2, -0.15) is 0 Å². The molecule has 0 aromatic heterocycles. The van der Waals surface area contributed by atoms with E-state index in [1.165, 1.54) is 5.56 Å². The summed E-state index contributed by atoms with van der Waals surface area (Å²) in [5.41, 5.74) is 2.90. The van der Waals surface area contributed by atoms with Crippen LogP contribution in [0.1, 0.15) is 26.3 Å². The van der Waals surface area contributed by atoms with E-state index in [1.807, 2.05) is 32.9 Å². The Labute approximate surface area is 168 Å². The van der Waals surface area contributed by atoms with E-state index in [0.717, 1.165) is 42.6 Å². The first kappa shape index (κ1) is 21.6. The van der Waals surface area contributed by atoms with E-state index in [-0.39, 0.29) is 6.09 Å². The van der Waals surface area contributed by atoms with Crippen LogP contribution in [-0.4, -0.2) is 74.9 Å². The molecule has 0 atom stereocenters. The maximum Gasteiger partial charge on any atom is 0.410 e. The van der Waals surface area contributed by atoms with E-state index in [0.29, 0.717) is 13.1 Å². The number of rotatable bonds is 5. The number of nitrogens with zero attached hydrogens (tertiary/aromatic N) is 3. The Hall–Kier alpha value is -1.66. The molecule has 1 aromatic rings. The standard InChI is InChI=1S/C20H33ClN4O2/c1-15-17(22-7-8-23(5)6)13-16(21)14-18(15)24-9-11-25(12-10-24)19(26)27-20(2,3)4/h13-14,22H,7-12H2,1-6H3. The molecule has 152 valence electrons. The lowest BCUT2D eigenvalue weighted by molar-refractivity contribution is 0.0240. The number of benzene rings is 1. The summed E-state index contributed by atoms with van der Waals surface area (Å²) in [7, 11) is 4.12. The van der Waals surface area contributed by atoms with Crippen LogP contribution in [-0.2, 0) is 4.74 Å². The van der Waals surface area contributed by atoms with Crippen molar-refractivity contribution in [3.05, 3.63) is 22.7 Å². The second-order valence-electron chi connectivity index (χ2n) is 8.28. The molecule has 0 bridgehead atoms. The van der Waals surface area contributed by atoms with Gasteiger partial charge in [-0.3, -0.25) is 0 Å². The lowest BCUT2D eigenvalue weighted by Crippen LogP contribution is -2.50. The minimum absolute atomic E-state index is 0.240. The average Bonchev–Trinajstić information content (AvgIpc) is 2.56. The second kappa shape index (κ2) is 9.02. The first-order valence-electron chi connectivity index (χ1n) is 9.48. The van der Waals surface area contributed by atoms with Gasteiger partial charge >= 0.3 is 6.09 Å². The molecule has 1 saturated heterocycles. The number of halogens is 1. The van der Waals surface area contributed by atoms with Crippen molar-refractivity contribution in [2.45, 2.75) is 33.3 Å². The molecule has 1 fully saturated rings. The van der Waals surface area contributed by atoms with E-state index in [9.17, 15) is 4.79 Å². The number of nitrogens with one attached hydrogen (secondary N) is 1. The predicted octanol–water partition coefficient (Wildman–Crippen LogP) is 3.68. The predicted molar refractivity (Wildman–Crippen MR) is 113 cm³/mol. The molecule has 1 aliphatic rings. The van der Waals surface area contributed by atoms with Crippen LogP contribution in [0.5, 0.6) is 0 Å². The van der Waals surface area contributed by atoms with Gasteiger partial charge in [0.1, 0.15) is 5.60 Å². The monoisotopic (exact) mass is 396 g/mol. The van der Waals surface area contributed by atoms with Gasteiger partial charge in [0.15, 0.2) is 0 Å². The number of likely N-dealkylation sites (N-methyl/N-ethyl adjacent to an activating group) is 1. The molecule has 1 N–H and O–H groups in total. The van der Waals surface area contributed by atoms with Crippen LogP contribution in [0.15, 0.2) is 12.1 Å². The Balaban J connectivity index is 2.03. The zero-order valence-corrected chi connectivity index (χ0v) is 18.2. The SMILES string of the molecule is Cc1c(NCCN(C)C)cc(Cl)cc1N1CCN(C(=O)OC(C)(C)C)CC1. The van der Waals surface area contributed by atoms with Gasteiger partial charge in [-0.05, 0) is 59.5 Å². The third-order valence-electron chi connectivity index (χ3n) is 4.49. The van der Waals surface area contributed by atoms with Crippen molar-refractivity contribution < 1.29 is 9.53 Å². The topological polar surface area (TPSA) is 48.0 Å². The lowest BCUT2D eigenvalue weighted by atomic mass is 10.1. The number of carbonyl (C=O) groups is 1. The molecule has 6 nitrogen and oxygen atoms in total. The van der Waals surface area contributed by atoms with Gasteiger partial charge in [-0.25, -0.2) is 4.79 Å². The van der Waals surface area contributed by atoms with E-state index in [2.05, 4.69) is 36.1 Å². The van der Waals surface area contributed by atoms with Crippen LogP contribution >= 0.6 is 11.6 Å². The second-order valence-corrected chi connectivity index (χ2v) is 8.72. The zero-order valence-electron chi connectivity index (χ0n) is 17.4. The zero-order chi connectivity index (χ0) is 20.2. The molecular formula is C20H33ClN4O2. The van der Waals surface area contributed by atoms with Crippen molar-refractivity contribution in [2.24, 2.45) is 0 Å². The number of hydrogen-bond donors (Lipinski definition) is 1. The molecule has 1 heterocycles. The molecule has 7 heteroatoms. The molecule has 1 aromatic carbocycles. The molecule has 27 heavy (non-hydrogen) atoms. The molecule has 0 spiro atoms. The fourth-order valence-electron chi connectivity index (χ4n) is 3.05. The third kappa shape index (κ3) is 6.47. The molecule has 0 radical (unpaired) electrons. The highest BCUT2D eigenvalue weighted by atomic mass is 35.5. The molecule has 2 rings (SSSR count). The van der Waals surface area contributed by atoms with Crippen molar-refractivity contribution in [1.29, 1.82) is 0 Å². The Kier molecular flexibility index (Phi) is 7.23. The van der Waals surface area contributed by atoms with Crippen LogP contribution in [0.4, 0.5) is 16.2 Å². The molecule has 1 aliphatic heterocycles. The van der Waals surface area contributed by atoms with Gasteiger partial charge in [-0.15, -0.1) is 0 Å². The number of anilines is 2. The van der Waals surface area contributed by atoms with Crippen LogP contribution in [0.3, 0.4) is 0 Å². The Bertz CT molecular complexity index is 650. The number of hydrogen-bond acceptors (Lipinski definition) is 5. The summed E-state index contributed by atoms with van der Waals surface area (Å²) in [6.45, 7) is 12.4. The molecule has 0 unspecified atom stereocenters. The average molecular weight is 397 g/mol. The summed E-state index contributed by atoms with van der Waals surface area (Å²) < 4.78 is 5.48. The Morgan fingerprint density at radius 1 is 1.22 bits per heavy atom. The van der Waals surface area contributed by atoms with Crippen molar-refractivity contribution in [3.63, 3.8) is 0 Å². The van der Waals surface area contributed by atoms with Crippen LogP contribution in [0, 0.1) is 6.92 Å². The molecule has 0 aliphatic carbocycles. The Morgan fingerprint density at radius 3 is 2.41 bits per heavy atom. The van der Waals surface area contributed by atoms with Gasteiger partial charge in [0.2, 0.25) is 0 Å². The molecular weight excluding hydrogens is 364 g/mol. The first-order chi connectivity index (χ1) is 12.6. The third-order valence-corrected chi connectivity index (χ3v) is 4.71. The largest absolute Gasteiger partial charge is 0.444 e. The van der Waals surface area contributed by atoms with E-state index in [1.54, 1.807) is 4.90 Å². The van der Waals surface area contributed by atoms with Crippen molar-refractivity contribution in [3.8, 4) is 0 Å². The first-order valence-corrected chi connectivity index (χ1v) is 9.86. The van der Waals surface area contributed by atoms with Gasteiger partial charge in [-0.1, -0.05) is 11.6 Å². The van der Waals surface area contributed by atoms with Crippen molar-refractivity contribution in [2.75, 3.05) is 63.6 Å². The normalized spacial score (nSPS) is 15.3. The summed E-state index contributed by atoms with van der Waals surface area (Å²) in [5, 5.41) is 4.20. The van der Waals surface area contributed by atoms with Gasteiger partial charge in [0, 0.05) is 55.7 Å². The fourth-order valence-corrected chi connectivity index (χ4v) is 3.26. The van der Waals surface area contributed by atoms with Crippen molar-refractivity contribution >= 4 is 29.1 Å². The summed E-state index contributed by atoms with van der Waals surface area (Å²) in [6, 6.07) is 3.99. The summed E-state index contributed by atoms with van der Waals surface area (Å²) in [4.78, 5) is 18.5. The van der Waals surface area contributed by atoms with E-state index in [4.69, 9.17) is 16.3 Å². The highest BCUT2D eigenvalue weighted by Crippen LogP contribution is 2.32. The Morgan fingerprint density at radius 2 is 1.85 bits per heavy atom. The van der Waals surface area contributed by atoms with Gasteiger partial charge in [0.25, 0.3) is 0 Å². The van der Waals surface area contributed by atoms with Gasteiger partial charge in [0.05, 0.1) is 0 Å². The molecule has 1 amide bonds. The highest BCUT2D eigenvalue weighted by Gasteiger charge is 2.26. The summed E-state index contributed by atoms with van der Waals surface area (Å²) in [5.74, 6) is 0. The number of carbonyl (C=O) groups excluding carboxylic acids is 1. The number of piperazine rings is 1. The molecule has 0 saturated carbocycles. The lowest BCUT2D eigenvalue weighted by Gasteiger charge is -2.37. The quantitative estimate of drug-likeness (QED) is 0.822. The van der Waals surface area contributed by atoms with E-state index < -0.39 is 5.60 Å². The minimum Gasteiger partial charge on any atom is -0.444 e. The van der Waals surface area contributed by atoms with Crippen LogP contribution in [0.2, 0.25) is 5.02 Å². The van der Waals surface area contributed by atoms with E-state index >= 15 is 0 Å². The fraction of sp³-hybridized carbons (Fsp3) is 0.650. The summed E-state index contributed by atoms with van der Waals surface area (Å²) >= 11 is 6.37. The van der Waals surface area contributed by atoms with Crippen LogP contribution < -0.4 is 10.2 Å².